The lowest BCUT2D eigenvalue weighted by molar-refractivity contribution is -0.162. The molecule has 35 heavy (non-hydrogen) atoms. The van der Waals surface area contributed by atoms with Crippen molar-refractivity contribution in [2.75, 3.05) is 13.2 Å². The number of hydrogen-bond acceptors (Lipinski definition) is 6. The third kappa shape index (κ3) is 3.95. The molecule has 1 spiro atoms. The summed E-state index contributed by atoms with van der Waals surface area (Å²) in [6, 6.07) is 7.45. The second kappa shape index (κ2) is 9.90. The SMILES string of the molecule is CCCC(C)NC(=O)C1N([C@H](CO)c2ccccc2)C(=O)[C@@H]2[C@H](C(=O)OCC)[C@]3(CC)CCC12O3. The van der Waals surface area contributed by atoms with Crippen molar-refractivity contribution in [3.8, 4) is 0 Å². The predicted molar refractivity (Wildman–Crippen MR) is 129 cm³/mol. The summed E-state index contributed by atoms with van der Waals surface area (Å²) >= 11 is 0. The minimum Gasteiger partial charge on any atom is -0.466 e. The van der Waals surface area contributed by atoms with Crippen LogP contribution in [0, 0.1) is 11.8 Å². The van der Waals surface area contributed by atoms with Gasteiger partial charge in [-0.3, -0.25) is 14.4 Å². The second-order valence-corrected chi connectivity index (χ2v) is 10.1. The fourth-order valence-electron chi connectivity index (χ4n) is 6.74. The third-order valence-corrected chi connectivity index (χ3v) is 8.21. The van der Waals surface area contributed by atoms with E-state index in [4.69, 9.17) is 9.47 Å². The zero-order valence-electron chi connectivity index (χ0n) is 21.2. The van der Waals surface area contributed by atoms with E-state index in [9.17, 15) is 19.5 Å². The minimum atomic E-state index is -1.14. The lowest BCUT2D eigenvalue weighted by atomic mass is 9.65. The maximum absolute atomic E-state index is 14.2. The van der Waals surface area contributed by atoms with Crippen molar-refractivity contribution < 1.29 is 29.0 Å². The standard InChI is InChI=1S/C27H38N2O6/c1-5-11-17(4)28-23(31)22-27-15-14-26(6-2,35-27)21(25(33)34-7-3)20(27)24(32)29(22)19(16-30)18-12-9-8-10-13-18/h8-10,12-13,17,19-22,30H,5-7,11,14-16H2,1-4H3,(H,28,31)/t17?,19-,20+,21-,22?,26+,27?/m1/s1. The Hall–Kier alpha value is -2.45. The molecule has 1 aromatic rings. The molecule has 0 saturated carbocycles. The largest absolute Gasteiger partial charge is 0.466 e. The van der Waals surface area contributed by atoms with E-state index < -0.39 is 41.1 Å². The number of likely N-dealkylation sites (tertiary alicyclic amines) is 1. The Morgan fingerprint density at radius 1 is 1.23 bits per heavy atom. The van der Waals surface area contributed by atoms with Gasteiger partial charge in [0.25, 0.3) is 0 Å². The van der Waals surface area contributed by atoms with Gasteiger partial charge in [-0.1, -0.05) is 50.6 Å². The first-order valence-electron chi connectivity index (χ1n) is 12.9. The maximum Gasteiger partial charge on any atom is 0.312 e. The van der Waals surface area contributed by atoms with Crippen molar-refractivity contribution in [2.45, 2.75) is 89.1 Å². The quantitative estimate of drug-likeness (QED) is 0.493. The molecule has 2 bridgehead atoms. The van der Waals surface area contributed by atoms with E-state index in [0.717, 1.165) is 18.4 Å². The molecular formula is C27H38N2O6. The predicted octanol–water partition coefficient (Wildman–Crippen LogP) is 2.74. The number of aliphatic hydroxyl groups excluding tert-OH is 1. The molecule has 3 aliphatic heterocycles. The minimum absolute atomic E-state index is 0.0798. The highest BCUT2D eigenvalue weighted by Crippen LogP contribution is 2.65. The van der Waals surface area contributed by atoms with Crippen LogP contribution in [0.4, 0.5) is 0 Å². The summed E-state index contributed by atoms with van der Waals surface area (Å²) in [4.78, 5) is 42.8. The number of rotatable bonds is 10. The van der Waals surface area contributed by atoms with E-state index >= 15 is 0 Å². The summed E-state index contributed by atoms with van der Waals surface area (Å²) < 4.78 is 12.1. The number of carbonyl (C=O) groups is 3. The molecule has 3 saturated heterocycles. The lowest BCUT2D eigenvalue weighted by Crippen LogP contribution is -2.57. The van der Waals surface area contributed by atoms with Crippen LogP contribution in [0.15, 0.2) is 30.3 Å². The molecule has 2 N–H and O–H groups in total. The molecular weight excluding hydrogens is 448 g/mol. The van der Waals surface area contributed by atoms with Crippen LogP contribution in [0.2, 0.25) is 0 Å². The number of ether oxygens (including phenoxy) is 2. The van der Waals surface area contributed by atoms with E-state index in [1.54, 1.807) is 6.92 Å². The van der Waals surface area contributed by atoms with Gasteiger partial charge in [0.2, 0.25) is 11.8 Å². The van der Waals surface area contributed by atoms with Gasteiger partial charge < -0.3 is 24.8 Å². The lowest BCUT2D eigenvalue weighted by Gasteiger charge is -2.38. The van der Waals surface area contributed by atoms with Crippen LogP contribution in [0.5, 0.6) is 0 Å². The van der Waals surface area contributed by atoms with E-state index in [0.29, 0.717) is 19.3 Å². The van der Waals surface area contributed by atoms with Crippen molar-refractivity contribution in [2.24, 2.45) is 11.8 Å². The topological polar surface area (TPSA) is 105 Å². The zero-order chi connectivity index (χ0) is 25.4. The van der Waals surface area contributed by atoms with Gasteiger partial charge in [0.05, 0.1) is 30.8 Å². The van der Waals surface area contributed by atoms with Crippen molar-refractivity contribution in [3.05, 3.63) is 35.9 Å². The molecule has 3 aliphatic rings. The molecule has 3 heterocycles. The van der Waals surface area contributed by atoms with Crippen molar-refractivity contribution in [1.29, 1.82) is 0 Å². The molecule has 0 radical (unpaired) electrons. The number of benzene rings is 1. The van der Waals surface area contributed by atoms with E-state index in [-0.39, 0.29) is 31.1 Å². The summed E-state index contributed by atoms with van der Waals surface area (Å²) in [5.74, 6) is -2.69. The summed E-state index contributed by atoms with van der Waals surface area (Å²) in [5, 5.41) is 13.5. The monoisotopic (exact) mass is 486 g/mol. The van der Waals surface area contributed by atoms with Crippen LogP contribution >= 0.6 is 0 Å². The maximum atomic E-state index is 14.2. The van der Waals surface area contributed by atoms with E-state index in [2.05, 4.69) is 12.2 Å². The van der Waals surface area contributed by atoms with Gasteiger partial charge in [-0.05, 0) is 45.1 Å². The number of hydrogen-bond donors (Lipinski definition) is 2. The average molecular weight is 487 g/mol. The molecule has 4 rings (SSSR count). The summed E-state index contributed by atoms with van der Waals surface area (Å²) in [7, 11) is 0. The molecule has 3 fully saturated rings. The van der Waals surface area contributed by atoms with Gasteiger partial charge in [-0.15, -0.1) is 0 Å². The highest BCUT2D eigenvalue weighted by atomic mass is 16.6. The number of aliphatic hydroxyl groups is 1. The molecule has 3 unspecified atom stereocenters. The number of fused-ring (bicyclic) bond motifs is 1. The Morgan fingerprint density at radius 2 is 1.94 bits per heavy atom. The normalized spacial score (nSPS) is 32.9. The fraction of sp³-hybridized carbons (Fsp3) is 0.667. The number of nitrogens with zero attached hydrogens (tertiary/aromatic N) is 1. The number of carbonyl (C=O) groups excluding carboxylic acids is 3. The van der Waals surface area contributed by atoms with Gasteiger partial charge in [0.1, 0.15) is 17.6 Å². The Morgan fingerprint density at radius 3 is 2.54 bits per heavy atom. The number of esters is 1. The smallest absolute Gasteiger partial charge is 0.312 e. The van der Waals surface area contributed by atoms with Crippen molar-refractivity contribution in [1.82, 2.24) is 10.2 Å². The van der Waals surface area contributed by atoms with Crippen LogP contribution in [0.25, 0.3) is 0 Å². The van der Waals surface area contributed by atoms with Gasteiger partial charge in [-0.2, -0.15) is 0 Å². The van der Waals surface area contributed by atoms with Crippen LogP contribution in [-0.2, 0) is 23.9 Å². The van der Waals surface area contributed by atoms with Crippen LogP contribution < -0.4 is 5.32 Å². The first-order chi connectivity index (χ1) is 16.8. The van der Waals surface area contributed by atoms with Crippen molar-refractivity contribution >= 4 is 17.8 Å². The second-order valence-electron chi connectivity index (χ2n) is 10.1. The Balaban J connectivity index is 1.82. The number of amides is 2. The van der Waals surface area contributed by atoms with Crippen LogP contribution in [0.1, 0.15) is 71.4 Å². The zero-order valence-corrected chi connectivity index (χ0v) is 21.2. The molecule has 8 nitrogen and oxygen atoms in total. The first-order valence-corrected chi connectivity index (χ1v) is 12.9. The first kappa shape index (κ1) is 25.6. The highest BCUT2D eigenvalue weighted by molar-refractivity contribution is 5.98. The summed E-state index contributed by atoms with van der Waals surface area (Å²) in [5.41, 5.74) is -1.23. The Labute approximate surface area is 207 Å². The van der Waals surface area contributed by atoms with Gasteiger partial charge in [-0.25, -0.2) is 0 Å². The Kier molecular flexibility index (Phi) is 7.25. The molecule has 0 aliphatic carbocycles. The van der Waals surface area contributed by atoms with Gasteiger partial charge >= 0.3 is 5.97 Å². The fourth-order valence-corrected chi connectivity index (χ4v) is 6.74. The third-order valence-electron chi connectivity index (χ3n) is 8.21. The molecule has 192 valence electrons. The van der Waals surface area contributed by atoms with E-state index in [1.807, 2.05) is 44.2 Å². The molecule has 7 atom stereocenters. The van der Waals surface area contributed by atoms with Crippen LogP contribution in [-0.4, -0.2) is 64.3 Å². The van der Waals surface area contributed by atoms with Gasteiger partial charge in [0.15, 0.2) is 0 Å². The van der Waals surface area contributed by atoms with Crippen molar-refractivity contribution in [3.63, 3.8) is 0 Å². The molecule has 2 amide bonds. The van der Waals surface area contributed by atoms with Gasteiger partial charge in [0, 0.05) is 6.04 Å². The number of nitrogens with one attached hydrogen (secondary N) is 1. The Bertz CT molecular complexity index is 954. The van der Waals surface area contributed by atoms with E-state index in [1.165, 1.54) is 4.90 Å². The highest BCUT2D eigenvalue weighted by Gasteiger charge is 2.79. The summed E-state index contributed by atoms with van der Waals surface area (Å²) in [6.07, 6.45) is 3.33. The molecule has 0 aromatic heterocycles. The summed E-state index contributed by atoms with van der Waals surface area (Å²) in [6.45, 7) is 7.54. The molecule has 8 heteroatoms. The molecule has 1 aromatic carbocycles. The average Bonchev–Trinajstić information content (AvgIpc) is 3.44. The van der Waals surface area contributed by atoms with Crippen LogP contribution in [0.3, 0.4) is 0 Å².